The van der Waals surface area contributed by atoms with Gasteiger partial charge in [-0.15, -0.1) is 11.3 Å². The van der Waals surface area contributed by atoms with Crippen molar-refractivity contribution >= 4 is 33.2 Å². The van der Waals surface area contributed by atoms with Gasteiger partial charge >= 0.3 is 0 Å². The lowest BCUT2D eigenvalue weighted by Crippen LogP contribution is -2.44. The summed E-state index contributed by atoms with van der Waals surface area (Å²) in [6, 6.07) is 12.0. The van der Waals surface area contributed by atoms with Gasteiger partial charge in [-0.25, -0.2) is 0 Å². The van der Waals surface area contributed by atoms with Gasteiger partial charge in [0, 0.05) is 5.33 Å². The molecular formula is C15H16BrNOS. The van der Waals surface area contributed by atoms with E-state index in [1.165, 1.54) is 11.3 Å². The van der Waals surface area contributed by atoms with Crippen LogP contribution in [0.15, 0.2) is 41.8 Å². The van der Waals surface area contributed by atoms with Gasteiger partial charge in [0.1, 0.15) is 0 Å². The van der Waals surface area contributed by atoms with Crippen molar-refractivity contribution in [1.82, 2.24) is 5.32 Å². The van der Waals surface area contributed by atoms with Crippen molar-refractivity contribution in [3.63, 3.8) is 0 Å². The van der Waals surface area contributed by atoms with Crippen LogP contribution >= 0.6 is 27.3 Å². The van der Waals surface area contributed by atoms with Gasteiger partial charge in [0.25, 0.3) is 5.91 Å². The molecule has 2 rings (SSSR count). The fourth-order valence-electron chi connectivity index (χ4n) is 1.90. The Morgan fingerprint density at radius 2 is 2.00 bits per heavy atom. The van der Waals surface area contributed by atoms with Crippen LogP contribution in [-0.4, -0.2) is 11.2 Å². The van der Waals surface area contributed by atoms with Gasteiger partial charge in [0.2, 0.25) is 0 Å². The van der Waals surface area contributed by atoms with Crippen LogP contribution in [0.5, 0.6) is 0 Å². The number of carbonyl (C=O) groups excluding carboxylic acids is 1. The molecule has 100 valence electrons. The molecule has 0 aliphatic heterocycles. The van der Waals surface area contributed by atoms with Crippen LogP contribution in [0.3, 0.4) is 0 Å². The summed E-state index contributed by atoms with van der Waals surface area (Å²) in [5.41, 5.74) is 1.70. The van der Waals surface area contributed by atoms with Gasteiger partial charge < -0.3 is 5.32 Å². The third-order valence-corrected chi connectivity index (χ3v) is 5.27. The summed E-state index contributed by atoms with van der Waals surface area (Å²) in [4.78, 5) is 13.1. The Labute approximate surface area is 126 Å². The highest BCUT2D eigenvalue weighted by atomic mass is 79.9. The van der Waals surface area contributed by atoms with Crippen LogP contribution in [0.4, 0.5) is 0 Å². The second kappa shape index (κ2) is 5.88. The van der Waals surface area contributed by atoms with Crippen LogP contribution in [0, 0.1) is 6.92 Å². The standard InChI is InChI=1S/C15H16BrNOS/c1-11-8-9-19-13(11)14(18)17-15(2,10-16)12-6-4-3-5-7-12/h3-9H,10H2,1-2H3,(H,17,18). The second-order valence-electron chi connectivity index (χ2n) is 4.72. The molecular weight excluding hydrogens is 322 g/mol. The van der Waals surface area contributed by atoms with Gasteiger partial charge in [0.15, 0.2) is 0 Å². The molecule has 1 atom stereocenters. The first-order valence-corrected chi connectivity index (χ1v) is 8.05. The molecule has 0 saturated heterocycles. The van der Waals surface area contributed by atoms with E-state index in [1.807, 2.05) is 55.6 Å². The van der Waals surface area contributed by atoms with E-state index in [9.17, 15) is 4.79 Å². The van der Waals surface area contributed by atoms with Gasteiger partial charge in [-0.3, -0.25) is 4.79 Å². The first-order valence-electron chi connectivity index (χ1n) is 6.05. The van der Waals surface area contributed by atoms with E-state index < -0.39 is 5.54 Å². The van der Waals surface area contributed by atoms with E-state index in [0.29, 0.717) is 5.33 Å². The van der Waals surface area contributed by atoms with Crippen LogP contribution < -0.4 is 5.32 Å². The number of aryl methyl sites for hydroxylation is 1. The molecule has 0 radical (unpaired) electrons. The molecule has 0 fully saturated rings. The van der Waals surface area contributed by atoms with E-state index in [-0.39, 0.29) is 5.91 Å². The number of carbonyl (C=O) groups is 1. The lowest BCUT2D eigenvalue weighted by atomic mass is 9.94. The number of thiophene rings is 1. The maximum absolute atomic E-state index is 12.4. The number of halogens is 1. The Morgan fingerprint density at radius 1 is 1.32 bits per heavy atom. The Hall–Kier alpha value is -1.13. The number of nitrogens with one attached hydrogen (secondary N) is 1. The van der Waals surface area contributed by atoms with Crippen molar-refractivity contribution in [2.75, 3.05) is 5.33 Å². The van der Waals surface area contributed by atoms with Gasteiger partial charge in [-0.05, 0) is 36.4 Å². The fourth-order valence-corrected chi connectivity index (χ4v) is 3.19. The summed E-state index contributed by atoms with van der Waals surface area (Å²) < 4.78 is 0. The van der Waals surface area contributed by atoms with Crippen molar-refractivity contribution in [1.29, 1.82) is 0 Å². The number of rotatable bonds is 4. The Morgan fingerprint density at radius 3 is 2.53 bits per heavy atom. The molecule has 0 saturated carbocycles. The van der Waals surface area contributed by atoms with E-state index in [1.54, 1.807) is 0 Å². The number of benzene rings is 1. The Balaban J connectivity index is 2.25. The van der Waals surface area contributed by atoms with Crippen molar-refractivity contribution in [3.05, 3.63) is 57.8 Å². The molecule has 0 spiro atoms. The maximum Gasteiger partial charge on any atom is 0.262 e. The average Bonchev–Trinajstić information content (AvgIpc) is 2.86. The molecule has 1 aromatic carbocycles. The number of hydrogen-bond donors (Lipinski definition) is 1. The van der Waals surface area contributed by atoms with Gasteiger partial charge in [-0.1, -0.05) is 46.3 Å². The minimum Gasteiger partial charge on any atom is -0.341 e. The minimum atomic E-state index is -0.408. The van der Waals surface area contributed by atoms with Crippen molar-refractivity contribution < 1.29 is 4.79 Å². The highest BCUT2D eigenvalue weighted by Gasteiger charge is 2.28. The summed E-state index contributed by atoms with van der Waals surface area (Å²) in [7, 11) is 0. The van der Waals surface area contributed by atoms with Crippen LogP contribution in [0.25, 0.3) is 0 Å². The predicted octanol–water partition coefficient (Wildman–Crippen LogP) is 4.10. The molecule has 0 bridgehead atoms. The molecule has 0 aliphatic carbocycles. The zero-order valence-electron chi connectivity index (χ0n) is 10.9. The first-order chi connectivity index (χ1) is 9.07. The summed E-state index contributed by atoms with van der Waals surface area (Å²) >= 11 is 4.98. The van der Waals surface area contributed by atoms with Crippen LogP contribution in [0.2, 0.25) is 0 Å². The normalized spacial score (nSPS) is 13.8. The molecule has 2 nitrogen and oxygen atoms in total. The second-order valence-corrected chi connectivity index (χ2v) is 6.20. The van der Waals surface area contributed by atoms with E-state index in [0.717, 1.165) is 16.0 Å². The smallest absolute Gasteiger partial charge is 0.262 e. The Kier molecular flexibility index (Phi) is 4.42. The van der Waals surface area contributed by atoms with Crippen molar-refractivity contribution in [2.24, 2.45) is 0 Å². The predicted molar refractivity (Wildman–Crippen MR) is 84.1 cm³/mol. The van der Waals surface area contributed by atoms with E-state index >= 15 is 0 Å². The minimum absolute atomic E-state index is 0.0155. The topological polar surface area (TPSA) is 29.1 Å². The fraction of sp³-hybridized carbons (Fsp3) is 0.267. The average molecular weight is 338 g/mol. The zero-order chi connectivity index (χ0) is 13.9. The van der Waals surface area contributed by atoms with Crippen LogP contribution in [0.1, 0.15) is 27.7 Å². The van der Waals surface area contributed by atoms with Crippen LogP contribution in [-0.2, 0) is 5.54 Å². The molecule has 19 heavy (non-hydrogen) atoms. The first kappa shape index (κ1) is 14.3. The summed E-state index contributed by atoms with van der Waals surface area (Å²) in [5, 5.41) is 5.74. The monoisotopic (exact) mass is 337 g/mol. The largest absolute Gasteiger partial charge is 0.341 e. The van der Waals surface area contributed by atoms with Crippen molar-refractivity contribution in [2.45, 2.75) is 19.4 Å². The molecule has 4 heteroatoms. The number of alkyl halides is 1. The van der Waals surface area contributed by atoms with Gasteiger partial charge in [0.05, 0.1) is 10.4 Å². The SMILES string of the molecule is Cc1ccsc1C(=O)NC(C)(CBr)c1ccccc1. The molecule has 2 aromatic rings. The molecule has 1 aromatic heterocycles. The molecule has 1 amide bonds. The van der Waals surface area contributed by atoms with Gasteiger partial charge in [-0.2, -0.15) is 0 Å². The van der Waals surface area contributed by atoms with Crippen molar-refractivity contribution in [3.8, 4) is 0 Å². The highest BCUT2D eigenvalue weighted by Crippen LogP contribution is 2.25. The summed E-state index contributed by atoms with van der Waals surface area (Å²) in [6.07, 6.45) is 0. The van der Waals surface area contributed by atoms with E-state index in [4.69, 9.17) is 0 Å². The lowest BCUT2D eigenvalue weighted by Gasteiger charge is -2.29. The number of amides is 1. The zero-order valence-corrected chi connectivity index (χ0v) is 13.3. The maximum atomic E-state index is 12.4. The third kappa shape index (κ3) is 3.07. The molecule has 1 unspecified atom stereocenters. The Bertz CT molecular complexity index is 567. The summed E-state index contributed by atoms with van der Waals surface area (Å²) in [5.74, 6) is -0.0155. The molecule has 0 aliphatic rings. The molecule has 1 heterocycles. The molecule has 1 N–H and O–H groups in total. The lowest BCUT2D eigenvalue weighted by molar-refractivity contribution is 0.0918. The highest BCUT2D eigenvalue weighted by molar-refractivity contribution is 9.09. The number of hydrogen-bond acceptors (Lipinski definition) is 2. The van der Waals surface area contributed by atoms with E-state index in [2.05, 4.69) is 21.2 Å². The quantitative estimate of drug-likeness (QED) is 0.836. The third-order valence-electron chi connectivity index (χ3n) is 3.14. The summed E-state index contributed by atoms with van der Waals surface area (Å²) in [6.45, 7) is 3.98.